The van der Waals surface area contributed by atoms with E-state index in [1.165, 1.54) is 30.6 Å². The maximum atomic E-state index is 5.52. The SMILES string of the molecule is C#CC(C)(C)NC(C)c1cc2c(s1)CCCC2. The molecule has 0 aromatic carbocycles. The Morgan fingerprint density at radius 1 is 1.41 bits per heavy atom. The van der Waals surface area contributed by atoms with Crippen molar-refractivity contribution in [2.75, 3.05) is 0 Å². The molecule has 1 aliphatic rings. The van der Waals surface area contributed by atoms with Crippen molar-refractivity contribution < 1.29 is 0 Å². The molecule has 0 saturated carbocycles. The van der Waals surface area contributed by atoms with Gasteiger partial charge in [-0.2, -0.15) is 0 Å². The Bertz CT molecular complexity index is 413. The number of hydrogen-bond donors (Lipinski definition) is 1. The predicted octanol–water partition coefficient (Wildman–Crippen LogP) is 3.69. The number of terminal acetylenes is 1. The van der Waals surface area contributed by atoms with E-state index in [-0.39, 0.29) is 5.54 Å². The predicted molar refractivity (Wildman–Crippen MR) is 75.4 cm³/mol. The number of thiophene rings is 1. The van der Waals surface area contributed by atoms with Gasteiger partial charge in [0, 0.05) is 15.8 Å². The second kappa shape index (κ2) is 4.84. The Morgan fingerprint density at radius 3 is 2.76 bits per heavy atom. The summed E-state index contributed by atoms with van der Waals surface area (Å²) in [6, 6.07) is 2.72. The Kier molecular flexibility index (Phi) is 3.61. The molecule has 2 heteroatoms. The number of aryl methyl sites for hydroxylation is 2. The van der Waals surface area contributed by atoms with Gasteiger partial charge in [-0.25, -0.2) is 0 Å². The topological polar surface area (TPSA) is 12.0 Å². The first-order chi connectivity index (χ1) is 8.02. The van der Waals surface area contributed by atoms with Gasteiger partial charge in [0.25, 0.3) is 0 Å². The van der Waals surface area contributed by atoms with E-state index in [9.17, 15) is 0 Å². The van der Waals surface area contributed by atoms with Gasteiger partial charge in [0.15, 0.2) is 0 Å². The van der Waals surface area contributed by atoms with E-state index >= 15 is 0 Å². The van der Waals surface area contributed by atoms with Crippen molar-refractivity contribution in [3.05, 3.63) is 21.4 Å². The molecule has 0 radical (unpaired) electrons. The van der Waals surface area contributed by atoms with Crippen LogP contribution in [0.3, 0.4) is 0 Å². The summed E-state index contributed by atoms with van der Waals surface area (Å²) >= 11 is 1.96. The van der Waals surface area contributed by atoms with Crippen LogP contribution in [0.25, 0.3) is 0 Å². The molecule has 1 aliphatic carbocycles. The van der Waals surface area contributed by atoms with Gasteiger partial charge in [0.05, 0.1) is 5.54 Å². The zero-order valence-electron chi connectivity index (χ0n) is 11.0. The third-order valence-corrected chi connectivity index (χ3v) is 4.80. The third kappa shape index (κ3) is 2.91. The fraction of sp³-hybridized carbons (Fsp3) is 0.600. The summed E-state index contributed by atoms with van der Waals surface area (Å²) in [5, 5.41) is 3.51. The molecule has 0 fully saturated rings. The van der Waals surface area contributed by atoms with Crippen LogP contribution in [-0.4, -0.2) is 5.54 Å². The highest BCUT2D eigenvalue weighted by molar-refractivity contribution is 7.12. The van der Waals surface area contributed by atoms with Crippen LogP contribution in [0.2, 0.25) is 0 Å². The highest BCUT2D eigenvalue weighted by Crippen LogP contribution is 2.33. The van der Waals surface area contributed by atoms with Crippen LogP contribution in [0, 0.1) is 12.3 Å². The Morgan fingerprint density at radius 2 is 2.12 bits per heavy atom. The minimum atomic E-state index is -0.232. The molecule has 1 nitrogen and oxygen atoms in total. The fourth-order valence-electron chi connectivity index (χ4n) is 2.38. The summed E-state index contributed by atoms with van der Waals surface area (Å²) in [5.74, 6) is 2.80. The van der Waals surface area contributed by atoms with Crippen molar-refractivity contribution >= 4 is 11.3 Å². The molecule has 0 spiro atoms. The van der Waals surface area contributed by atoms with Crippen molar-refractivity contribution in [1.82, 2.24) is 5.32 Å². The molecule has 0 saturated heterocycles. The van der Waals surface area contributed by atoms with E-state index in [1.54, 1.807) is 10.4 Å². The molecule has 0 amide bonds. The van der Waals surface area contributed by atoms with Crippen molar-refractivity contribution in [1.29, 1.82) is 0 Å². The van der Waals surface area contributed by atoms with Crippen molar-refractivity contribution in [3.8, 4) is 12.3 Å². The number of rotatable bonds is 3. The lowest BCUT2D eigenvalue weighted by Gasteiger charge is -2.24. The van der Waals surface area contributed by atoms with E-state index in [0.29, 0.717) is 6.04 Å². The van der Waals surface area contributed by atoms with E-state index in [0.717, 1.165) is 0 Å². The second-order valence-corrected chi connectivity index (χ2v) is 6.61. The summed E-state index contributed by atoms with van der Waals surface area (Å²) in [7, 11) is 0. The lowest BCUT2D eigenvalue weighted by molar-refractivity contribution is 0.435. The standard InChI is InChI=1S/C15H21NS/c1-5-15(3,4)16-11(2)14-10-12-8-6-7-9-13(12)17-14/h1,10-11,16H,6-9H2,2-4H3. The average Bonchev–Trinajstić information content (AvgIpc) is 2.72. The van der Waals surface area contributed by atoms with Crippen LogP contribution in [-0.2, 0) is 12.8 Å². The van der Waals surface area contributed by atoms with Crippen LogP contribution in [0.4, 0.5) is 0 Å². The molecule has 1 unspecified atom stereocenters. The van der Waals surface area contributed by atoms with Crippen LogP contribution in [0.5, 0.6) is 0 Å². The van der Waals surface area contributed by atoms with E-state index < -0.39 is 0 Å². The summed E-state index contributed by atoms with van der Waals surface area (Å²) in [4.78, 5) is 3.03. The van der Waals surface area contributed by atoms with Crippen LogP contribution in [0.15, 0.2) is 6.07 Å². The van der Waals surface area contributed by atoms with Gasteiger partial charge >= 0.3 is 0 Å². The average molecular weight is 247 g/mol. The van der Waals surface area contributed by atoms with Crippen molar-refractivity contribution in [2.45, 2.75) is 58.0 Å². The lowest BCUT2D eigenvalue weighted by atomic mass is 9.98. The first-order valence-corrected chi connectivity index (χ1v) is 7.20. The van der Waals surface area contributed by atoms with Gasteiger partial charge in [-0.05, 0) is 58.1 Å². The molecule has 1 atom stereocenters. The largest absolute Gasteiger partial charge is 0.294 e. The Balaban J connectivity index is 2.12. The molecule has 1 N–H and O–H groups in total. The van der Waals surface area contributed by atoms with Gasteiger partial charge in [0.2, 0.25) is 0 Å². The highest BCUT2D eigenvalue weighted by Gasteiger charge is 2.21. The molecule has 17 heavy (non-hydrogen) atoms. The smallest absolute Gasteiger partial charge is 0.0746 e. The van der Waals surface area contributed by atoms with Gasteiger partial charge < -0.3 is 0 Å². The Labute approximate surface area is 109 Å². The molecular formula is C15H21NS. The molecule has 1 aromatic heterocycles. The normalized spacial score (nSPS) is 17.3. The first-order valence-electron chi connectivity index (χ1n) is 6.39. The monoisotopic (exact) mass is 247 g/mol. The summed E-state index contributed by atoms with van der Waals surface area (Å²) in [5.41, 5.74) is 1.34. The number of nitrogens with one attached hydrogen (secondary N) is 1. The summed E-state index contributed by atoms with van der Waals surface area (Å²) < 4.78 is 0. The van der Waals surface area contributed by atoms with Crippen molar-refractivity contribution in [3.63, 3.8) is 0 Å². The van der Waals surface area contributed by atoms with E-state index in [4.69, 9.17) is 6.42 Å². The zero-order valence-corrected chi connectivity index (χ0v) is 11.8. The molecule has 2 rings (SSSR count). The molecule has 92 valence electrons. The second-order valence-electron chi connectivity index (χ2n) is 5.44. The highest BCUT2D eigenvalue weighted by atomic mass is 32.1. The van der Waals surface area contributed by atoms with Crippen LogP contribution < -0.4 is 5.32 Å². The van der Waals surface area contributed by atoms with E-state index in [1.807, 2.05) is 11.3 Å². The fourth-order valence-corrected chi connectivity index (χ4v) is 3.64. The maximum absolute atomic E-state index is 5.52. The minimum Gasteiger partial charge on any atom is -0.294 e. The Hall–Kier alpha value is -0.780. The van der Waals surface area contributed by atoms with Gasteiger partial charge in [-0.3, -0.25) is 5.32 Å². The maximum Gasteiger partial charge on any atom is 0.0746 e. The number of hydrogen-bond acceptors (Lipinski definition) is 2. The molecular weight excluding hydrogens is 226 g/mol. The molecule has 1 heterocycles. The zero-order chi connectivity index (χ0) is 12.5. The summed E-state index contributed by atoms with van der Waals surface area (Å²) in [6.45, 7) is 6.31. The lowest BCUT2D eigenvalue weighted by Crippen LogP contribution is -2.39. The van der Waals surface area contributed by atoms with Crippen LogP contribution >= 0.6 is 11.3 Å². The molecule has 0 aliphatic heterocycles. The first kappa shape index (κ1) is 12.7. The molecule has 1 aromatic rings. The van der Waals surface area contributed by atoms with Crippen LogP contribution in [0.1, 0.15) is 55.0 Å². The van der Waals surface area contributed by atoms with Gasteiger partial charge in [-0.15, -0.1) is 17.8 Å². The third-order valence-electron chi connectivity index (χ3n) is 3.38. The van der Waals surface area contributed by atoms with E-state index in [2.05, 4.69) is 38.1 Å². The summed E-state index contributed by atoms with van der Waals surface area (Å²) in [6.07, 6.45) is 10.8. The number of fused-ring (bicyclic) bond motifs is 1. The van der Waals surface area contributed by atoms with Crippen molar-refractivity contribution in [2.24, 2.45) is 0 Å². The quantitative estimate of drug-likeness (QED) is 0.803. The van der Waals surface area contributed by atoms with Gasteiger partial charge in [-0.1, -0.05) is 5.92 Å². The minimum absolute atomic E-state index is 0.232. The van der Waals surface area contributed by atoms with Gasteiger partial charge in [0.1, 0.15) is 0 Å². The molecule has 0 bridgehead atoms.